The maximum absolute atomic E-state index is 13.6. The number of para-hydroxylation sites is 1. The second-order valence-electron chi connectivity index (χ2n) is 4.38. The van der Waals surface area contributed by atoms with Crippen molar-refractivity contribution in [3.63, 3.8) is 0 Å². The summed E-state index contributed by atoms with van der Waals surface area (Å²) in [6, 6.07) is 4.39. The number of nitrogens with one attached hydrogen (secondary N) is 2. The number of aryl methyl sites for hydroxylation is 2. The molecule has 1 aromatic heterocycles. The molecule has 0 unspecified atom stereocenters. The van der Waals surface area contributed by atoms with Gasteiger partial charge in [0, 0.05) is 20.3 Å². The molecule has 0 saturated heterocycles. The average Bonchev–Trinajstić information content (AvgIpc) is 2.78. The van der Waals surface area contributed by atoms with Gasteiger partial charge in [0.15, 0.2) is 0 Å². The van der Waals surface area contributed by atoms with E-state index < -0.39 is 5.82 Å². The quantitative estimate of drug-likeness (QED) is 0.901. The number of nitrogens with zero attached hydrogens (tertiary/aromatic N) is 2. The van der Waals surface area contributed by atoms with Crippen LogP contribution in [0.25, 0.3) is 0 Å². The Labute approximate surface area is 116 Å². The molecular formula is C14H17FN4O. The summed E-state index contributed by atoms with van der Waals surface area (Å²) in [4.78, 5) is 12.3. The van der Waals surface area contributed by atoms with E-state index in [-0.39, 0.29) is 17.2 Å². The molecule has 0 aliphatic carbocycles. The Kier molecular flexibility index (Phi) is 4.02. The van der Waals surface area contributed by atoms with Crippen LogP contribution in [-0.2, 0) is 13.5 Å². The summed E-state index contributed by atoms with van der Waals surface area (Å²) >= 11 is 0. The lowest BCUT2D eigenvalue weighted by molar-refractivity contribution is 0.102. The van der Waals surface area contributed by atoms with Crippen LogP contribution in [0.2, 0.25) is 0 Å². The fraction of sp³-hybridized carbons (Fsp3) is 0.286. The minimum atomic E-state index is -0.456. The molecule has 2 aromatic rings. The highest BCUT2D eigenvalue weighted by molar-refractivity contribution is 6.08. The SMILES string of the molecule is CCc1nn(C)cc1NC(=O)c1cccc(F)c1NC. The third kappa shape index (κ3) is 2.64. The van der Waals surface area contributed by atoms with E-state index >= 15 is 0 Å². The van der Waals surface area contributed by atoms with E-state index in [2.05, 4.69) is 15.7 Å². The molecule has 0 spiro atoms. The molecule has 0 saturated carbocycles. The van der Waals surface area contributed by atoms with Gasteiger partial charge in [0.2, 0.25) is 0 Å². The van der Waals surface area contributed by atoms with E-state index in [0.29, 0.717) is 12.1 Å². The van der Waals surface area contributed by atoms with Gasteiger partial charge in [-0.15, -0.1) is 0 Å². The van der Waals surface area contributed by atoms with Gasteiger partial charge in [-0.1, -0.05) is 13.0 Å². The van der Waals surface area contributed by atoms with Gasteiger partial charge >= 0.3 is 0 Å². The van der Waals surface area contributed by atoms with Crippen LogP contribution in [0.3, 0.4) is 0 Å². The van der Waals surface area contributed by atoms with Crippen molar-refractivity contribution in [1.82, 2.24) is 9.78 Å². The van der Waals surface area contributed by atoms with Gasteiger partial charge in [0.25, 0.3) is 5.91 Å². The van der Waals surface area contributed by atoms with Crippen LogP contribution in [0.15, 0.2) is 24.4 Å². The highest BCUT2D eigenvalue weighted by Gasteiger charge is 2.16. The molecule has 6 heteroatoms. The second-order valence-corrected chi connectivity index (χ2v) is 4.38. The van der Waals surface area contributed by atoms with Gasteiger partial charge in [-0.2, -0.15) is 5.10 Å². The first-order valence-electron chi connectivity index (χ1n) is 6.37. The zero-order chi connectivity index (χ0) is 14.7. The molecule has 0 aliphatic rings. The minimum Gasteiger partial charge on any atom is -0.385 e. The number of amides is 1. The van der Waals surface area contributed by atoms with Crippen molar-refractivity contribution in [2.45, 2.75) is 13.3 Å². The minimum absolute atomic E-state index is 0.187. The third-order valence-corrected chi connectivity index (χ3v) is 3.00. The molecule has 20 heavy (non-hydrogen) atoms. The lowest BCUT2D eigenvalue weighted by Gasteiger charge is -2.10. The van der Waals surface area contributed by atoms with E-state index in [4.69, 9.17) is 0 Å². The van der Waals surface area contributed by atoms with Crippen molar-refractivity contribution in [3.8, 4) is 0 Å². The van der Waals surface area contributed by atoms with Crippen LogP contribution in [0.5, 0.6) is 0 Å². The predicted octanol–water partition coefficient (Wildman–Crippen LogP) is 2.42. The van der Waals surface area contributed by atoms with Crippen molar-refractivity contribution in [3.05, 3.63) is 41.5 Å². The highest BCUT2D eigenvalue weighted by atomic mass is 19.1. The summed E-state index contributed by atoms with van der Waals surface area (Å²) in [6.07, 6.45) is 2.44. The zero-order valence-corrected chi connectivity index (χ0v) is 11.7. The van der Waals surface area contributed by atoms with E-state index in [1.807, 2.05) is 6.92 Å². The lowest BCUT2D eigenvalue weighted by Crippen LogP contribution is -2.15. The van der Waals surface area contributed by atoms with Gasteiger partial charge in [0.05, 0.1) is 22.6 Å². The number of carbonyl (C=O) groups excluding carboxylic acids is 1. The summed E-state index contributed by atoms with van der Waals surface area (Å²) < 4.78 is 15.3. The molecule has 0 atom stereocenters. The van der Waals surface area contributed by atoms with Crippen molar-refractivity contribution in [2.24, 2.45) is 7.05 Å². The summed E-state index contributed by atoms with van der Waals surface area (Å²) in [6.45, 7) is 1.96. The van der Waals surface area contributed by atoms with Crippen LogP contribution in [0.4, 0.5) is 15.8 Å². The Morgan fingerprint density at radius 2 is 2.20 bits per heavy atom. The topological polar surface area (TPSA) is 59.0 Å². The van der Waals surface area contributed by atoms with E-state index in [0.717, 1.165) is 5.69 Å². The summed E-state index contributed by atoms with van der Waals surface area (Å²) in [5.41, 5.74) is 1.89. The van der Waals surface area contributed by atoms with Crippen molar-refractivity contribution in [2.75, 3.05) is 17.7 Å². The molecule has 106 valence electrons. The Morgan fingerprint density at radius 3 is 2.85 bits per heavy atom. The van der Waals surface area contributed by atoms with Gasteiger partial charge in [-0.05, 0) is 18.6 Å². The fourth-order valence-electron chi connectivity index (χ4n) is 2.06. The smallest absolute Gasteiger partial charge is 0.257 e. The van der Waals surface area contributed by atoms with E-state index in [9.17, 15) is 9.18 Å². The fourth-order valence-corrected chi connectivity index (χ4v) is 2.06. The van der Waals surface area contributed by atoms with Crippen molar-refractivity contribution >= 4 is 17.3 Å². The molecule has 0 aliphatic heterocycles. The largest absolute Gasteiger partial charge is 0.385 e. The third-order valence-electron chi connectivity index (χ3n) is 3.00. The summed E-state index contributed by atoms with van der Waals surface area (Å²) in [5.74, 6) is -0.821. The number of carbonyl (C=O) groups is 1. The predicted molar refractivity (Wildman–Crippen MR) is 76.5 cm³/mol. The first-order chi connectivity index (χ1) is 9.56. The maximum Gasteiger partial charge on any atom is 0.257 e. The molecule has 0 fully saturated rings. The number of benzene rings is 1. The number of halogens is 1. The number of anilines is 2. The average molecular weight is 276 g/mol. The molecule has 2 rings (SSSR count). The molecule has 0 radical (unpaired) electrons. The number of hydrogen-bond donors (Lipinski definition) is 2. The number of aromatic nitrogens is 2. The van der Waals surface area contributed by atoms with Crippen LogP contribution >= 0.6 is 0 Å². The second kappa shape index (κ2) is 5.73. The lowest BCUT2D eigenvalue weighted by atomic mass is 10.1. The molecule has 1 aromatic carbocycles. The van der Waals surface area contributed by atoms with Crippen molar-refractivity contribution in [1.29, 1.82) is 0 Å². The van der Waals surface area contributed by atoms with Crippen LogP contribution in [-0.4, -0.2) is 22.7 Å². The number of hydrogen-bond acceptors (Lipinski definition) is 3. The van der Waals surface area contributed by atoms with E-state index in [1.165, 1.54) is 12.1 Å². The molecule has 1 heterocycles. The Hall–Kier alpha value is -2.37. The molecule has 0 bridgehead atoms. The van der Waals surface area contributed by atoms with Gasteiger partial charge < -0.3 is 10.6 Å². The van der Waals surface area contributed by atoms with Crippen LogP contribution in [0, 0.1) is 5.82 Å². The van der Waals surface area contributed by atoms with Gasteiger partial charge in [0.1, 0.15) is 5.82 Å². The summed E-state index contributed by atoms with van der Waals surface area (Å²) in [5, 5.41) is 9.73. The normalized spacial score (nSPS) is 10.4. The molecule has 1 amide bonds. The van der Waals surface area contributed by atoms with Crippen molar-refractivity contribution < 1.29 is 9.18 Å². The Morgan fingerprint density at radius 1 is 1.45 bits per heavy atom. The van der Waals surface area contributed by atoms with Gasteiger partial charge in [-0.25, -0.2) is 4.39 Å². The number of rotatable bonds is 4. The maximum atomic E-state index is 13.6. The molecule has 2 N–H and O–H groups in total. The highest BCUT2D eigenvalue weighted by Crippen LogP contribution is 2.21. The first kappa shape index (κ1) is 14.0. The zero-order valence-electron chi connectivity index (χ0n) is 11.7. The van der Waals surface area contributed by atoms with Crippen LogP contribution in [0.1, 0.15) is 23.0 Å². The first-order valence-corrected chi connectivity index (χ1v) is 6.37. The molecule has 5 nitrogen and oxygen atoms in total. The Bertz CT molecular complexity index is 636. The van der Waals surface area contributed by atoms with E-state index in [1.54, 1.807) is 31.0 Å². The monoisotopic (exact) mass is 276 g/mol. The molecular weight excluding hydrogens is 259 g/mol. The van der Waals surface area contributed by atoms with Gasteiger partial charge in [-0.3, -0.25) is 9.48 Å². The van der Waals surface area contributed by atoms with Crippen LogP contribution < -0.4 is 10.6 Å². The Balaban J connectivity index is 2.31. The summed E-state index contributed by atoms with van der Waals surface area (Å²) in [7, 11) is 3.37. The standard InChI is InChI=1S/C14H17FN4O/c1-4-11-12(8-19(3)18-11)17-14(20)9-6-5-7-10(15)13(9)16-2/h5-8,16H,4H2,1-3H3,(H,17,20).